The molecule has 102 valence electrons. The molecule has 2 nitrogen and oxygen atoms in total. The molecule has 0 spiro atoms. The van der Waals surface area contributed by atoms with Crippen LogP contribution in [0.5, 0.6) is 0 Å². The highest BCUT2D eigenvalue weighted by Gasteiger charge is 2.27. The van der Waals surface area contributed by atoms with Crippen molar-refractivity contribution in [2.45, 2.75) is 24.9 Å². The molecule has 2 aromatic carbocycles. The van der Waals surface area contributed by atoms with Crippen molar-refractivity contribution >= 4 is 23.2 Å². The maximum absolute atomic E-state index is 5.96. The normalized spacial score (nSPS) is 21.8. The number of fused-ring (bicyclic) bond motifs is 3. The summed E-state index contributed by atoms with van der Waals surface area (Å²) in [6, 6.07) is 13.0. The van der Waals surface area contributed by atoms with Crippen LogP contribution in [-0.4, -0.2) is 13.7 Å². The summed E-state index contributed by atoms with van der Waals surface area (Å²) in [5.41, 5.74) is 8.70. The molecular formula is C16H20ClNO. The topological polar surface area (TPSA) is 35.2 Å². The van der Waals surface area contributed by atoms with Gasteiger partial charge < -0.3 is 10.5 Å². The van der Waals surface area contributed by atoms with E-state index in [1.54, 1.807) is 7.11 Å². The lowest BCUT2D eigenvalue weighted by atomic mass is 9.78. The zero-order valence-electron chi connectivity index (χ0n) is 11.1. The molecule has 1 aliphatic carbocycles. The lowest BCUT2D eigenvalue weighted by molar-refractivity contribution is 0.0849. The number of methoxy groups -OCH3 is 1. The summed E-state index contributed by atoms with van der Waals surface area (Å²) >= 11 is 0. The maximum Gasteiger partial charge on any atom is 0.0824 e. The lowest BCUT2D eigenvalue weighted by Crippen LogP contribution is -2.22. The molecular weight excluding hydrogens is 258 g/mol. The summed E-state index contributed by atoms with van der Waals surface area (Å²) in [5, 5.41) is 2.64. The van der Waals surface area contributed by atoms with E-state index in [0.29, 0.717) is 5.92 Å². The fourth-order valence-electron chi connectivity index (χ4n) is 3.18. The third-order valence-electron chi connectivity index (χ3n) is 4.11. The molecule has 3 rings (SSSR count). The Labute approximate surface area is 120 Å². The van der Waals surface area contributed by atoms with Gasteiger partial charge in [0.2, 0.25) is 0 Å². The third-order valence-corrected chi connectivity index (χ3v) is 4.11. The Hall–Kier alpha value is -1.09. The Morgan fingerprint density at radius 1 is 1.16 bits per heavy atom. The van der Waals surface area contributed by atoms with Gasteiger partial charge in [0, 0.05) is 7.11 Å². The molecule has 0 amide bonds. The first kappa shape index (κ1) is 14.3. The molecule has 0 aliphatic heterocycles. The summed E-state index contributed by atoms with van der Waals surface area (Å²) < 4.78 is 5.62. The molecule has 2 unspecified atom stereocenters. The molecule has 0 bridgehead atoms. The first-order valence-corrected chi connectivity index (χ1v) is 6.59. The largest absolute Gasteiger partial charge is 0.377 e. The van der Waals surface area contributed by atoms with Gasteiger partial charge in [-0.05, 0) is 47.2 Å². The SMILES string of the molecule is COC1CCC(CN)c2c1ccc1ccccc21.Cl. The van der Waals surface area contributed by atoms with Crippen LogP contribution in [0.3, 0.4) is 0 Å². The molecule has 1 aliphatic rings. The summed E-state index contributed by atoms with van der Waals surface area (Å²) in [6.45, 7) is 0.720. The maximum atomic E-state index is 5.96. The van der Waals surface area contributed by atoms with Gasteiger partial charge in [-0.2, -0.15) is 0 Å². The quantitative estimate of drug-likeness (QED) is 0.906. The van der Waals surface area contributed by atoms with Crippen LogP contribution in [0, 0.1) is 0 Å². The second-order valence-electron chi connectivity index (χ2n) is 5.02. The Morgan fingerprint density at radius 3 is 2.68 bits per heavy atom. The highest BCUT2D eigenvalue weighted by Crippen LogP contribution is 2.42. The van der Waals surface area contributed by atoms with E-state index in [-0.39, 0.29) is 18.5 Å². The molecule has 0 aromatic heterocycles. The van der Waals surface area contributed by atoms with Crippen LogP contribution in [0.2, 0.25) is 0 Å². The van der Waals surface area contributed by atoms with Gasteiger partial charge in [-0.3, -0.25) is 0 Å². The van der Waals surface area contributed by atoms with Crippen LogP contribution < -0.4 is 5.73 Å². The van der Waals surface area contributed by atoms with Crippen molar-refractivity contribution in [2.24, 2.45) is 5.73 Å². The van der Waals surface area contributed by atoms with Crippen LogP contribution in [0.15, 0.2) is 36.4 Å². The van der Waals surface area contributed by atoms with Crippen LogP contribution in [-0.2, 0) is 4.74 Å². The van der Waals surface area contributed by atoms with Gasteiger partial charge in [0.05, 0.1) is 6.10 Å². The number of benzene rings is 2. The van der Waals surface area contributed by atoms with Crippen molar-refractivity contribution in [1.29, 1.82) is 0 Å². The standard InChI is InChI=1S/C16H19NO.ClH/c1-18-15-9-7-12(10-17)16-13-5-3-2-4-11(13)6-8-14(15)16;/h2-6,8,12,15H,7,9-10,17H2,1H3;1H. The zero-order chi connectivity index (χ0) is 12.5. The van der Waals surface area contributed by atoms with Crippen molar-refractivity contribution < 1.29 is 4.74 Å². The summed E-state index contributed by atoms with van der Waals surface area (Å²) in [4.78, 5) is 0. The Morgan fingerprint density at radius 2 is 1.95 bits per heavy atom. The van der Waals surface area contributed by atoms with Gasteiger partial charge in [-0.1, -0.05) is 36.4 Å². The Bertz CT molecular complexity index is 570. The monoisotopic (exact) mass is 277 g/mol. The molecule has 0 saturated carbocycles. The number of hydrogen-bond donors (Lipinski definition) is 1. The molecule has 0 radical (unpaired) electrons. The fourth-order valence-corrected chi connectivity index (χ4v) is 3.18. The van der Waals surface area contributed by atoms with Crippen LogP contribution in [0.1, 0.15) is 36.0 Å². The van der Waals surface area contributed by atoms with Crippen molar-refractivity contribution in [1.82, 2.24) is 0 Å². The Kier molecular flexibility index (Phi) is 4.46. The number of nitrogens with two attached hydrogens (primary N) is 1. The van der Waals surface area contributed by atoms with Gasteiger partial charge in [0.15, 0.2) is 0 Å². The first-order chi connectivity index (χ1) is 8.85. The highest BCUT2D eigenvalue weighted by molar-refractivity contribution is 5.87. The van der Waals surface area contributed by atoms with Gasteiger partial charge in [0.25, 0.3) is 0 Å². The molecule has 19 heavy (non-hydrogen) atoms. The minimum atomic E-state index is 0. The number of ether oxygens (including phenoxy) is 1. The van der Waals surface area contributed by atoms with E-state index in [1.807, 2.05) is 0 Å². The average molecular weight is 278 g/mol. The number of rotatable bonds is 2. The fraction of sp³-hybridized carbons (Fsp3) is 0.375. The first-order valence-electron chi connectivity index (χ1n) is 6.59. The van der Waals surface area contributed by atoms with Crippen molar-refractivity contribution in [2.75, 3.05) is 13.7 Å². The van der Waals surface area contributed by atoms with Crippen LogP contribution in [0.25, 0.3) is 10.8 Å². The molecule has 2 N–H and O–H groups in total. The van der Waals surface area contributed by atoms with Gasteiger partial charge in [-0.15, -0.1) is 12.4 Å². The van der Waals surface area contributed by atoms with Crippen LogP contribution in [0.4, 0.5) is 0 Å². The lowest BCUT2D eigenvalue weighted by Gasteiger charge is -2.31. The van der Waals surface area contributed by atoms with E-state index in [4.69, 9.17) is 10.5 Å². The van der Waals surface area contributed by atoms with Gasteiger partial charge >= 0.3 is 0 Å². The predicted molar refractivity (Wildman–Crippen MR) is 82.0 cm³/mol. The Balaban J connectivity index is 0.00000133. The molecule has 3 heteroatoms. The highest BCUT2D eigenvalue weighted by atomic mass is 35.5. The minimum Gasteiger partial charge on any atom is -0.377 e. The molecule has 0 fully saturated rings. The van der Waals surface area contributed by atoms with Gasteiger partial charge in [0.1, 0.15) is 0 Å². The summed E-state index contributed by atoms with van der Waals surface area (Å²) in [6.07, 6.45) is 2.42. The average Bonchev–Trinajstić information content (AvgIpc) is 2.45. The smallest absolute Gasteiger partial charge is 0.0824 e. The van der Waals surface area contributed by atoms with Crippen molar-refractivity contribution in [3.8, 4) is 0 Å². The molecule has 2 aromatic rings. The minimum absolute atomic E-state index is 0. The van der Waals surface area contributed by atoms with Crippen LogP contribution >= 0.6 is 12.4 Å². The third kappa shape index (κ3) is 2.36. The second-order valence-corrected chi connectivity index (χ2v) is 5.02. The van der Waals surface area contributed by atoms with E-state index in [0.717, 1.165) is 19.4 Å². The van der Waals surface area contributed by atoms with Crippen molar-refractivity contribution in [3.63, 3.8) is 0 Å². The number of halogens is 1. The van der Waals surface area contributed by atoms with E-state index < -0.39 is 0 Å². The van der Waals surface area contributed by atoms with Gasteiger partial charge in [-0.25, -0.2) is 0 Å². The van der Waals surface area contributed by atoms with E-state index in [9.17, 15) is 0 Å². The van der Waals surface area contributed by atoms with Crippen molar-refractivity contribution in [3.05, 3.63) is 47.5 Å². The number of hydrogen-bond acceptors (Lipinski definition) is 2. The summed E-state index contributed by atoms with van der Waals surface area (Å²) in [7, 11) is 1.80. The van der Waals surface area contributed by atoms with E-state index >= 15 is 0 Å². The molecule has 0 heterocycles. The second kappa shape index (κ2) is 5.91. The van der Waals surface area contributed by atoms with E-state index in [2.05, 4.69) is 36.4 Å². The molecule has 2 atom stereocenters. The van der Waals surface area contributed by atoms with E-state index in [1.165, 1.54) is 21.9 Å². The molecule has 0 saturated heterocycles. The predicted octanol–water partition coefficient (Wildman–Crippen LogP) is 3.79. The summed E-state index contributed by atoms with van der Waals surface area (Å²) in [5.74, 6) is 0.470. The zero-order valence-corrected chi connectivity index (χ0v) is 12.0.